The minimum Gasteiger partial charge on any atom is -0.395 e. The first-order valence-electron chi connectivity index (χ1n) is 6.66. The molecule has 0 unspecified atom stereocenters. The fraction of sp³-hybridized carbons (Fsp3) is 0.692. The Hall–Kier alpha value is -1.36. The van der Waals surface area contributed by atoms with E-state index in [4.69, 9.17) is 5.11 Å². The maximum absolute atomic E-state index is 9.10. The van der Waals surface area contributed by atoms with Gasteiger partial charge in [-0.15, -0.1) is 0 Å². The van der Waals surface area contributed by atoms with E-state index in [0.717, 1.165) is 43.4 Å². The van der Waals surface area contributed by atoms with Gasteiger partial charge in [0.25, 0.3) is 0 Å². The van der Waals surface area contributed by atoms with Crippen LogP contribution in [0.2, 0.25) is 0 Å². The average Bonchev–Trinajstić information content (AvgIpc) is 2.35. The molecule has 5 heteroatoms. The summed E-state index contributed by atoms with van der Waals surface area (Å²) in [7, 11) is 0. The maximum Gasteiger partial charge on any atom is 0.134 e. The molecule has 0 radical (unpaired) electrons. The van der Waals surface area contributed by atoms with E-state index in [9.17, 15) is 0 Å². The molecule has 2 N–H and O–H groups in total. The summed E-state index contributed by atoms with van der Waals surface area (Å²) in [6.45, 7) is 8.68. The minimum atomic E-state index is 0.140. The Kier molecular flexibility index (Phi) is 6.43. The van der Waals surface area contributed by atoms with Gasteiger partial charge in [-0.2, -0.15) is 0 Å². The predicted molar refractivity (Wildman–Crippen MR) is 75.1 cm³/mol. The van der Waals surface area contributed by atoms with Gasteiger partial charge in [0, 0.05) is 25.7 Å². The molecular weight excluding hydrogens is 228 g/mol. The average molecular weight is 252 g/mol. The van der Waals surface area contributed by atoms with Crippen molar-refractivity contribution < 1.29 is 5.11 Å². The molecule has 0 saturated carbocycles. The van der Waals surface area contributed by atoms with Crippen molar-refractivity contribution >= 4 is 11.6 Å². The van der Waals surface area contributed by atoms with Crippen LogP contribution < -0.4 is 10.2 Å². The third kappa shape index (κ3) is 4.49. The standard InChI is InChI=1S/C13H24N4O/c1-4-6-14-12-10-13(16-11(3)15-12)17(7-5-2)8-9-18/h10,18H,4-9H2,1-3H3,(H,14,15,16). The van der Waals surface area contributed by atoms with E-state index in [1.165, 1.54) is 0 Å². The highest BCUT2D eigenvalue weighted by atomic mass is 16.3. The summed E-state index contributed by atoms with van der Waals surface area (Å²) < 4.78 is 0. The molecule has 1 heterocycles. The van der Waals surface area contributed by atoms with Crippen LogP contribution in [-0.4, -0.2) is 41.3 Å². The van der Waals surface area contributed by atoms with Gasteiger partial charge in [-0.05, 0) is 19.8 Å². The zero-order chi connectivity index (χ0) is 13.4. The van der Waals surface area contributed by atoms with Crippen molar-refractivity contribution in [3.63, 3.8) is 0 Å². The second kappa shape index (κ2) is 7.87. The Morgan fingerprint density at radius 3 is 2.61 bits per heavy atom. The quantitative estimate of drug-likeness (QED) is 0.739. The summed E-state index contributed by atoms with van der Waals surface area (Å²) in [5, 5.41) is 12.4. The maximum atomic E-state index is 9.10. The van der Waals surface area contributed by atoms with Crippen molar-refractivity contribution in [2.24, 2.45) is 0 Å². The molecule has 0 fully saturated rings. The Morgan fingerprint density at radius 1 is 1.22 bits per heavy atom. The molecule has 0 atom stereocenters. The van der Waals surface area contributed by atoms with Crippen LogP contribution in [0.25, 0.3) is 0 Å². The lowest BCUT2D eigenvalue weighted by molar-refractivity contribution is 0.301. The van der Waals surface area contributed by atoms with Crippen molar-refractivity contribution in [1.29, 1.82) is 0 Å². The number of hydrogen-bond donors (Lipinski definition) is 2. The molecular formula is C13H24N4O. The van der Waals surface area contributed by atoms with Crippen LogP contribution in [0.5, 0.6) is 0 Å². The van der Waals surface area contributed by atoms with Crippen LogP contribution in [-0.2, 0) is 0 Å². The van der Waals surface area contributed by atoms with Crippen LogP contribution in [0, 0.1) is 6.92 Å². The number of aliphatic hydroxyl groups is 1. The lowest BCUT2D eigenvalue weighted by Crippen LogP contribution is -2.28. The Balaban J connectivity index is 2.87. The molecule has 1 aromatic rings. The van der Waals surface area contributed by atoms with Crippen molar-refractivity contribution in [1.82, 2.24) is 9.97 Å². The van der Waals surface area contributed by atoms with Crippen molar-refractivity contribution in [3.05, 3.63) is 11.9 Å². The number of nitrogens with zero attached hydrogens (tertiary/aromatic N) is 3. The number of aromatic nitrogens is 2. The fourth-order valence-electron chi connectivity index (χ4n) is 1.79. The zero-order valence-corrected chi connectivity index (χ0v) is 11.6. The molecule has 0 bridgehead atoms. The van der Waals surface area contributed by atoms with Gasteiger partial charge in [-0.3, -0.25) is 0 Å². The van der Waals surface area contributed by atoms with E-state index in [2.05, 4.69) is 34.0 Å². The molecule has 0 saturated heterocycles. The van der Waals surface area contributed by atoms with Crippen molar-refractivity contribution in [2.45, 2.75) is 33.6 Å². The van der Waals surface area contributed by atoms with Gasteiger partial charge in [-0.1, -0.05) is 13.8 Å². The van der Waals surface area contributed by atoms with Crippen molar-refractivity contribution in [2.75, 3.05) is 36.5 Å². The van der Waals surface area contributed by atoms with Crippen LogP contribution >= 0.6 is 0 Å². The third-order valence-corrected chi connectivity index (χ3v) is 2.57. The lowest BCUT2D eigenvalue weighted by Gasteiger charge is -2.22. The van der Waals surface area contributed by atoms with Crippen LogP contribution in [0.1, 0.15) is 32.5 Å². The molecule has 0 aliphatic heterocycles. The number of anilines is 2. The Labute approximate surface area is 109 Å². The highest BCUT2D eigenvalue weighted by Gasteiger charge is 2.09. The van der Waals surface area contributed by atoms with Gasteiger partial charge in [0.2, 0.25) is 0 Å². The lowest BCUT2D eigenvalue weighted by atomic mass is 10.3. The first-order valence-corrected chi connectivity index (χ1v) is 6.66. The van der Waals surface area contributed by atoms with Crippen LogP contribution in [0.3, 0.4) is 0 Å². The van der Waals surface area contributed by atoms with Crippen LogP contribution in [0.4, 0.5) is 11.6 Å². The number of nitrogens with one attached hydrogen (secondary N) is 1. The second-order valence-corrected chi connectivity index (χ2v) is 4.30. The first-order chi connectivity index (χ1) is 8.71. The molecule has 0 aliphatic rings. The number of aryl methyl sites for hydroxylation is 1. The van der Waals surface area contributed by atoms with Gasteiger partial charge in [0.15, 0.2) is 0 Å². The van der Waals surface area contributed by atoms with Crippen LogP contribution in [0.15, 0.2) is 6.07 Å². The number of rotatable bonds is 8. The largest absolute Gasteiger partial charge is 0.395 e. The Bertz CT molecular complexity index is 351. The SMILES string of the molecule is CCCNc1cc(N(CCC)CCO)nc(C)n1. The third-order valence-electron chi connectivity index (χ3n) is 2.57. The van der Waals surface area contributed by atoms with E-state index < -0.39 is 0 Å². The molecule has 1 rings (SSSR count). The van der Waals surface area contributed by atoms with Gasteiger partial charge < -0.3 is 15.3 Å². The summed E-state index contributed by atoms with van der Waals surface area (Å²) in [6.07, 6.45) is 2.09. The van der Waals surface area contributed by atoms with E-state index in [1.54, 1.807) is 0 Å². The zero-order valence-electron chi connectivity index (χ0n) is 11.6. The van der Waals surface area contributed by atoms with E-state index in [-0.39, 0.29) is 6.61 Å². The summed E-state index contributed by atoms with van der Waals surface area (Å²) in [4.78, 5) is 10.9. The highest BCUT2D eigenvalue weighted by molar-refractivity contribution is 5.49. The molecule has 1 aromatic heterocycles. The summed E-state index contributed by atoms with van der Waals surface area (Å²) >= 11 is 0. The van der Waals surface area contributed by atoms with Gasteiger partial charge in [0.05, 0.1) is 6.61 Å². The van der Waals surface area contributed by atoms with E-state index >= 15 is 0 Å². The molecule has 0 aliphatic carbocycles. The summed E-state index contributed by atoms with van der Waals surface area (Å²) in [5.74, 6) is 2.50. The van der Waals surface area contributed by atoms with Crippen molar-refractivity contribution in [3.8, 4) is 0 Å². The van der Waals surface area contributed by atoms with Gasteiger partial charge >= 0.3 is 0 Å². The van der Waals surface area contributed by atoms with Gasteiger partial charge in [-0.25, -0.2) is 9.97 Å². The molecule has 0 amide bonds. The Morgan fingerprint density at radius 2 is 2.00 bits per heavy atom. The second-order valence-electron chi connectivity index (χ2n) is 4.30. The minimum absolute atomic E-state index is 0.140. The first kappa shape index (κ1) is 14.7. The van der Waals surface area contributed by atoms with E-state index in [1.807, 2.05) is 13.0 Å². The molecule has 5 nitrogen and oxygen atoms in total. The molecule has 18 heavy (non-hydrogen) atoms. The molecule has 0 spiro atoms. The smallest absolute Gasteiger partial charge is 0.134 e. The summed E-state index contributed by atoms with van der Waals surface area (Å²) in [6, 6.07) is 1.95. The monoisotopic (exact) mass is 252 g/mol. The summed E-state index contributed by atoms with van der Waals surface area (Å²) in [5.41, 5.74) is 0. The number of aliphatic hydroxyl groups excluding tert-OH is 1. The fourth-order valence-corrected chi connectivity index (χ4v) is 1.79. The normalized spacial score (nSPS) is 10.4. The molecule has 0 aromatic carbocycles. The number of hydrogen-bond acceptors (Lipinski definition) is 5. The topological polar surface area (TPSA) is 61.3 Å². The van der Waals surface area contributed by atoms with Gasteiger partial charge in [0.1, 0.15) is 17.5 Å². The predicted octanol–water partition coefficient (Wildman–Crippen LogP) is 1.82. The van der Waals surface area contributed by atoms with E-state index in [0.29, 0.717) is 6.54 Å². The highest BCUT2D eigenvalue weighted by Crippen LogP contribution is 2.16. The molecule has 102 valence electrons.